The number of nitrogens with one attached hydrogen (secondary N) is 1. The van der Waals surface area contributed by atoms with Crippen LogP contribution in [0.2, 0.25) is 0 Å². The number of carbonyl (C=O) groups excluding carboxylic acids is 1. The number of ether oxygens (including phenoxy) is 1. The largest absolute Gasteiger partial charge is 0.458 e. The van der Waals surface area contributed by atoms with E-state index in [2.05, 4.69) is 12.2 Å². The fourth-order valence-corrected chi connectivity index (χ4v) is 1.59. The van der Waals surface area contributed by atoms with E-state index in [9.17, 15) is 4.79 Å². The van der Waals surface area contributed by atoms with Gasteiger partial charge in [-0.05, 0) is 38.9 Å². The lowest BCUT2D eigenvalue weighted by atomic mass is 10.1. The van der Waals surface area contributed by atoms with Crippen LogP contribution in [0.3, 0.4) is 0 Å². The molecule has 1 aromatic carbocycles. The number of hydrogen-bond donors (Lipinski definition) is 1. The van der Waals surface area contributed by atoms with Crippen LogP contribution in [0.5, 0.6) is 0 Å². The lowest BCUT2D eigenvalue weighted by Gasteiger charge is -2.14. The summed E-state index contributed by atoms with van der Waals surface area (Å²) in [5.74, 6) is -0.250. The molecule has 0 aliphatic rings. The molecular weight excluding hydrogens is 226 g/mol. The molecule has 0 aromatic heterocycles. The Hall–Kier alpha value is -1.35. The molecule has 1 rings (SSSR count). The van der Waals surface area contributed by atoms with Gasteiger partial charge in [-0.15, -0.1) is 0 Å². The van der Waals surface area contributed by atoms with Crippen LogP contribution < -0.4 is 5.32 Å². The molecule has 100 valence electrons. The Balaban J connectivity index is 2.33. The van der Waals surface area contributed by atoms with Crippen molar-refractivity contribution in [3.63, 3.8) is 0 Å². The molecule has 0 fully saturated rings. The molecular formula is C15H23NO2. The molecule has 0 saturated carbocycles. The van der Waals surface area contributed by atoms with Gasteiger partial charge >= 0.3 is 5.97 Å². The third kappa shape index (κ3) is 5.32. The zero-order valence-corrected chi connectivity index (χ0v) is 11.5. The van der Waals surface area contributed by atoms with Crippen molar-refractivity contribution in [1.82, 2.24) is 5.32 Å². The van der Waals surface area contributed by atoms with Crippen LogP contribution in [-0.4, -0.2) is 25.2 Å². The minimum Gasteiger partial charge on any atom is -0.458 e. The highest BCUT2D eigenvalue weighted by molar-refractivity contribution is 5.89. The Morgan fingerprint density at radius 3 is 2.61 bits per heavy atom. The van der Waals surface area contributed by atoms with Gasteiger partial charge in [0.25, 0.3) is 0 Å². The molecule has 0 radical (unpaired) electrons. The molecule has 3 heteroatoms. The van der Waals surface area contributed by atoms with Crippen LogP contribution >= 0.6 is 0 Å². The van der Waals surface area contributed by atoms with Gasteiger partial charge in [-0.25, -0.2) is 4.79 Å². The number of aryl methyl sites for hydroxylation is 1. The molecule has 1 unspecified atom stereocenters. The number of esters is 1. The SMILES string of the molecule is CCCCNCC(C)OC(=O)c1ccc(C)cc1. The maximum atomic E-state index is 11.8. The summed E-state index contributed by atoms with van der Waals surface area (Å²) in [5, 5.41) is 3.27. The highest BCUT2D eigenvalue weighted by Crippen LogP contribution is 2.06. The van der Waals surface area contributed by atoms with Crippen LogP contribution in [0.15, 0.2) is 24.3 Å². The summed E-state index contributed by atoms with van der Waals surface area (Å²) >= 11 is 0. The Kier molecular flexibility index (Phi) is 6.44. The molecule has 0 saturated heterocycles. The quantitative estimate of drug-likeness (QED) is 0.596. The van der Waals surface area contributed by atoms with Gasteiger partial charge in [-0.2, -0.15) is 0 Å². The maximum Gasteiger partial charge on any atom is 0.338 e. The summed E-state index contributed by atoms with van der Waals surface area (Å²) in [6.45, 7) is 7.74. The second kappa shape index (κ2) is 7.88. The molecule has 0 aliphatic carbocycles. The van der Waals surface area contributed by atoms with E-state index in [1.807, 2.05) is 26.0 Å². The molecule has 3 nitrogen and oxygen atoms in total. The van der Waals surface area contributed by atoms with Gasteiger partial charge in [0.1, 0.15) is 6.10 Å². The highest BCUT2D eigenvalue weighted by Gasteiger charge is 2.11. The third-order valence-corrected chi connectivity index (χ3v) is 2.73. The van der Waals surface area contributed by atoms with Crippen LogP contribution in [-0.2, 0) is 4.74 Å². The Bertz CT molecular complexity index is 359. The van der Waals surface area contributed by atoms with Crippen molar-refractivity contribution in [3.8, 4) is 0 Å². The number of unbranched alkanes of at least 4 members (excludes halogenated alkanes) is 1. The first-order valence-corrected chi connectivity index (χ1v) is 6.62. The number of rotatable bonds is 7. The van der Waals surface area contributed by atoms with Crippen LogP contribution in [0.4, 0.5) is 0 Å². The lowest BCUT2D eigenvalue weighted by molar-refractivity contribution is 0.0342. The van der Waals surface area contributed by atoms with E-state index < -0.39 is 0 Å². The predicted molar refractivity (Wildman–Crippen MR) is 73.8 cm³/mol. The van der Waals surface area contributed by atoms with E-state index in [1.54, 1.807) is 12.1 Å². The van der Waals surface area contributed by atoms with E-state index in [1.165, 1.54) is 6.42 Å². The topological polar surface area (TPSA) is 38.3 Å². The van der Waals surface area contributed by atoms with Crippen LogP contribution in [0, 0.1) is 6.92 Å². The zero-order valence-electron chi connectivity index (χ0n) is 11.5. The molecule has 1 N–H and O–H groups in total. The van der Waals surface area contributed by atoms with Crippen molar-refractivity contribution in [2.75, 3.05) is 13.1 Å². The number of benzene rings is 1. The zero-order chi connectivity index (χ0) is 13.4. The molecule has 1 atom stereocenters. The van der Waals surface area contributed by atoms with Gasteiger partial charge in [0.15, 0.2) is 0 Å². The molecule has 1 aromatic rings. The van der Waals surface area contributed by atoms with Crippen molar-refractivity contribution in [2.24, 2.45) is 0 Å². The minimum atomic E-state index is -0.250. The van der Waals surface area contributed by atoms with Crippen LogP contribution in [0.1, 0.15) is 42.6 Å². The predicted octanol–water partition coefficient (Wildman–Crippen LogP) is 2.93. The molecule has 0 amide bonds. The van der Waals surface area contributed by atoms with Crippen molar-refractivity contribution >= 4 is 5.97 Å². The van der Waals surface area contributed by atoms with E-state index in [0.717, 1.165) is 18.5 Å². The summed E-state index contributed by atoms with van der Waals surface area (Å²) in [7, 11) is 0. The molecule has 0 aliphatic heterocycles. The van der Waals surface area contributed by atoms with Gasteiger partial charge in [-0.3, -0.25) is 0 Å². The smallest absolute Gasteiger partial charge is 0.338 e. The van der Waals surface area contributed by atoms with Crippen molar-refractivity contribution in [3.05, 3.63) is 35.4 Å². The summed E-state index contributed by atoms with van der Waals surface area (Å²) in [4.78, 5) is 11.8. The van der Waals surface area contributed by atoms with Gasteiger partial charge in [-0.1, -0.05) is 31.0 Å². The number of hydrogen-bond acceptors (Lipinski definition) is 3. The molecule has 18 heavy (non-hydrogen) atoms. The molecule has 0 bridgehead atoms. The Morgan fingerprint density at radius 1 is 1.33 bits per heavy atom. The monoisotopic (exact) mass is 249 g/mol. The van der Waals surface area contributed by atoms with E-state index in [4.69, 9.17) is 4.74 Å². The lowest BCUT2D eigenvalue weighted by Crippen LogP contribution is -2.29. The maximum absolute atomic E-state index is 11.8. The summed E-state index contributed by atoms with van der Waals surface area (Å²) in [5.41, 5.74) is 1.75. The van der Waals surface area contributed by atoms with Gasteiger partial charge in [0.05, 0.1) is 5.56 Å². The van der Waals surface area contributed by atoms with Gasteiger partial charge in [0.2, 0.25) is 0 Å². The fraction of sp³-hybridized carbons (Fsp3) is 0.533. The average molecular weight is 249 g/mol. The fourth-order valence-electron chi connectivity index (χ4n) is 1.59. The highest BCUT2D eigenvalue weighted by atomic mass is 16.5. The number of carbonyl (C=O) groups is 1. The Morgan fingerprint density at radius 2 is 2.00 bits per heavy atom. The average Bonchev–Trinajstić information content (AvgIpc) is 2.35. The normalized spacial score (nSPS) is 12.2. The van der Waals surface area contributed by atoms with Gasteiger partial charge < -0.3 is 10.1 Å². The molecule has 0 spiro atoms. The second-order valence-electron chi connectivity index (χ2n) is 4.64. The van der Waals surface area contributed by atoms with E-state index in [-0.39, 0.29) is 12.1 Å². The van der Waals surface area contributed by atoms with E-state index in [0.29, 0.717) is 12.1 Å². The van der Waals surface area contributed by atoms with E-state index >= 15 is 0 Å². The first-order valence-electron chi connectivity index (χ1n) is 6.62. The molecule has 0 heterocycles. The minimum absolute atomic E-state index is 0.101. The summed E-state index contributed by atoms with van der Waals surface area (Å²) in [6.07, 6.45) is 2.22. The van der Waals surface area contributed by atoms with Crippen molar-refractivity contribution in [1.29, 1.82) is 0 Å². The first kappa shape index (κ1) is 14.7. The first-order chi connectivity index (χ1) is 8.63. The Labute approximate surface area is 110 Å². The standard InChI is InChI=1S/C15H23NO2/c1-4-5-10-16-11-13(3)18-15(17)14-8-6-12(2)7-9-14/h6-9,13,16H,4-5,10-11H2,1-3H3. The van der Waals surface area contributed by atoms with Crippen molar-refractivity contribution in [2.45, 2.75) is 39.7 Å². The summed E-state index contributed by atoms with van der Waals surface area (Å²) in [6, 6.07) is 7.44. The van der Waals surface area contributed by atoms with Crippen molar-refractivity contribution < 1.29 is 9.53 Å². The summed E-state index contributed by atoms with van der Waals surface area (Å²) < 4.78 is 5.36. The third-order valence-electron chi connectivity index (χ3n) is 2.73. The second-order valence-corrected chi connectivity index (χ2v) is 4.64. The van der Waals surface area contributed by atoms with Crippen LogP contribution in [0.25, 0.3) is 0 Å². The van der Waals surface area contributed by atoms with Gasteiger partial charge in [0, 0.05) is 6.54 Å².